The van der Waals surface area contributed by atoms with Crippen LogP contribution in [-0.2, 0) is 11.0 Å². The minimum absolute atomic E-state index is 0.0407. The maximum Gasteiger partial charge on any atom is 0.416 e. The number of hydrogen-bond acceptors (Lipinski definition) is 4. The lowest BCUT2D eigenvalue weighted by Gasteiger charge is -2.13. The molecule has 1 heterocycles. The Morgan fingerprint density at radius 2 is 1.93 bits per heavy atom. The first-order valence-electron chi connectivity index (χ1n) is 8.38. The molecule has 1 aromatic heterocycles. The highest BCUT2D eigenvalue weighted by Gasteiger charge is 2.30. The van der Waals surface area contributed by atoms with E-state index in [0.29, 0.717) is 12.8 Å². The van der Waals surface area contributed by atoms with E-state index in [-0.39, 0.29) is 24.3 Å². The molecule has 0 atom stereocenters. The van der Waals surface area contributed by atoms with E-state index in [2.05, 4.69) is 10.4 Å². The number of aliphatic carboxylic acids is 1. The predicted molar refractivity (Wildman–Crippen MR) is 93.4 cm³/mol. The Balaban J connectivity index is 2.24. The topological polar surface area (TPSA) is 101 Å². The van der Waals surface area contributed by atoms with E-state index in [4.69, 9.17) is 5.11 Å². The maximum absolute atomic E-state index is 12.9. The summed E-state index contributed by atoms with van der Waals surface area (Å²) in [4.78, 5) is 34.7. The Hall–Kier alpha value is -3.17. The number of carbonyl (C=O) groups is 2. The molecule has 1 amide bonds. The van der Waals surface area contributed by atoms with Crippen molar-refractivity contribution in [3.8, 4) is 5.69 Å². The summed E-state index contributed by atoms with van der Waals surface area (Å²) in [5.41, 5.74) is -1.68. The van der Waals surface area contributed by atoms with Gasteiger partial charge in [-0.2, -0.15) is 18.3 Å². The van der Waals surface area contributed by atoms with Crippen LogP contribution >= 0.6 is 0 Å². The normalized spacial score (nSPS) is 11.3. The van der Waals surface area contributed by atoms with Crippen molar-refractivity contribution in [2.45, 2.75) is 32.4 Å². The summed E-state index contributed by atoms with van der Waals surface area (Å²) in [5.74, 6) is -1.73. The number of alkyl halides is 3. The monoisotopic (exact) mass is 397 g/mol. The average molecular weight is 397 g/mol. The molecule has 0 aliphatic heterocycles. The van der Waals surface area contributed by atoms with Gasteiger partial charge in [0.05, 0.1) is 11.3 Å². The number of carboxylic acids is 1. The van der Waals surface area contributed by atoms with Gasteiger partial charge in [-0.15, -0.1) is 0 Å². The third kappa shape index (κ3) is 5.41. The molecule has 150 valence electrons. The summed E-state index contributed by atoms with van der Waals surface area (Å²) in [6.45, 7) is 1.63. The van der Waals surface area contributed by atoms with Crippen molar-refractivity contribution in [1.29, 1.82) is 0 Å². The second kappa shape index (κ2) is 8.68. The van der Waals surface area contributed by atoms with E-state index in [0.717, 1.165) is 22.9 Å². The Bertz CT molecular complexity index is 938. The summed E-state index contributed by atoms with van der Waals surface area (Å²) in [6, 6.07) is 5.49. The average Bonchev–Trinajstić information content (AvgIpc) is 2.60. The molecule has 0 aliphatic carbocycles. The molecule has 2 aromatic rings. The molecule has 10 heteroatoms. The molecule has 0 unspecified atom stereocenters. The highest BCUT2D eigenvalue weighted by atomic mass is 19.4. The standard InChI is InChI=1S/C18H18F3N3O4/c1-11-9-14(25)16(17(28)22-8-3-2-7-15(26)27)23-24(11)13-6-4-5-12(10-13)18(19,20)21/h4-6,9-10H,2-3,7-8H2,1H3,(H,22,28)(H,26,27). The highest BCUT2D eigenvalue weighted by molar-refractivity contribution is 5.92. The molecule has 0 fully saturated rings. The van der Waals surface area contributed by atoms with Crippen LogP contribution in [0.3, 0.4) is 0 Å². The van der Waals surface area contributed by atoms with Crippen molar-refractivity contribution in [1.82, 2.24) is 15.1 Å². The lowest BCUT2D eigenvalue weighted by atomic mass is 10.2. The Kier molecular flexibility index (Phi) is 6.55. The number of aryl methyl sites for hydroxylation is 1. The fourth-order valence-corrected chi connectivity index (χ4v) is 2.47. The number of hydrogen-bond donors (Lipinski definition) is 2. The number of carboxylic acid groups (broad SMARTS) is 1. The number of unbranched alkanes of at least 4 members (excludes halogenated alkanes) is 1. The molecule has 1 aromatic carbocycles. The fourth-order valence-electron chi connectivity index (χ4n) is 2.47. The summed E-state index contributed by atoms with van der Waals surface area (Å²) >= 11 is 0. The number of carbonyl (C=O) groups excluding carboxylic acids is 1. The lowest BCUT2D eigenvalue weighted by Crippen LogP contribution is -2.32. The zero-order valence-electron chi connectivity index (χ0n) is 14.9. The quantitative estimate of drug-likeness (QED) is 0.700. The van der Waals surface area contributed by atoms with Gasteiger partial charge in [0.15, 0.2) is 5.69 Å². The molecular weight excluding hydrogens is 379 g/mol. The highest BCUT2D eigenvalue weighted by Crippen LogP contribution is 2.30. The smallest absolute Gasteiger partial charge is 0.416 e. The van der Waals surface area contributed by atoms with Crippen LogP contribution in [0.5, 0.6) is 0 Å². The minimum Gasteiger partial charge on any atom is -0.481 e. The van der Waals surface area contributed by atoms with E-state index < -0.39 is 34.7 Å². The summed E-state index contributed by atoms with van der Waals surface area (Å²) in [6.07, 6.45) is -3.84. The van der Waals surface area contributed by atoms with Crippen LogP contribution in [-0.4, -0.2) is 33.3 Å². The van der Waals surface area contributed by atoms with Crippen molar-refractivity contribution in [2.75, 3.05) is 6.54 Å². The SMILES string of the molecule is Cc1cc(=O)c(C(=O)NCCCCC(=O)O)nn1-c1cccc(C(F)(F)F)c1. The van der Waals surface area contributed by atoms with Gasteiger partial charge in [-0.1, -0.05) is 6.07 Å². The number of rotatable bonds is 7. The number of nitrogens with zero attached hydrogens (tertiary/aromatic N) is 2. The van der Waals surface area contributed by atoms with Crippen LogP contribution in [0, 0.1) is 6.92 Å². The Morgan fingerprint density at radius 3 is 2.57 bits per heavy atom. The van der Waals surface area contributed by atoms with Crippen LogP contribution < -0.4 is 10.7 Å². The summed E-state index contributed by atoms with van der Waals surface area (Å²) < 4.78 is 39.9. The van der Waals surface area contributed by atoms with Crippen LogP contribution in [0.25, 0.3) is 5.69 Å². The van der Waals surface area contributed by atoms with E-state index in [1.807, 2.05) is 0 Å². The fraction of sp³-hybridized carbons (Fsp3) is 0.333. The molecule has 0 bridgehead atoms. The molecule has 0 saturated heterocycles. The van der Waals surface area contributed by atoms with Gasteiger partial charge in [0, 0.05) is 24.7 Å². The zero-order valence-corrected chi connectivity index (χ0v) is 14.9. The molecule has 7 nitrogen and oxygen atoms in total. The van der Waals surface area contributed by atoms with Crippen molar-refractivity contribution >= 4 is 11.9 Å². The van der Waals surface area contributed by atoms with Gasteiger partial charge >= 0.3 is 12.1 Å². The second-order valence-electron chi connectivity index (χ2n) is 6.07. The first-order valence-corrected chi connectivity index (χ1v) is 8.38. The van der Waals surface area contributed by atoms with Crippen molar-refractivity contribution < 1.29 is 27.9 Å². The molecule has 2 N–H and O–H groups in total. The van der Waals surface area contributed by atoms with E-state index in [1.165, 1.54) is 19.1 Å². The summed E-state index contributed by atoms with van der Waals surface area (Å²) in [5, 5.41) is 14.9. The van der Waals surface area contributed by atoms with Crippen LogP contribution in [0.2, 0.25) is 0 Å². The van der Waals surface area contributed by atoms with Gasteiger partial charge in [-0.3, -0.25) is 14.4 Å². The number of halogens is 3. The number of nitrogens with one attached hydrogen (secondary N) is 1. The first kappa shape index (κ1) is 21.1. The van der Waals surface area contributed by atoms with E-state index in [9.17, 15) is 27.6 Å². The first-order chi connectivity index (χ1) is 13.1. The van der Waals surface area contributed by atoms with Gasteiger partial charge in [0.1, 0.15) is 0 Å². The molecule has 0 aliphatic rings. The number of amides is 1. The van der Waals surface area contributed by atoms with Gasteiger partial charge in [-0.25, -0.2) is 4.68 Å². The van der Waals surface area contributed by atoms with Crippen LogP contribution in [0.4, 0.5) is 13.2 Å². The largest absolute Gasteiger partial charge is 0.481 e. The van der Waals surface area contributed by atoms with Gasteiger partial charge in [0.2, 0.25) is 5.43 Å². The van der Waals surface area contributed by atoms with Gasteiger partial charge in [0.25, 0.3) is 5.91 Å². The van der Waals surface area contributed by atoms with E-state index in [1.54, 1.807) is 0 Å². The third-order valence-electron chi connectivity index (χ3n) is 3.84. The lowest BCUT2D eigenvalue weighted by molar-refractivity contribution is -0.138. The van der Waals surface area contributed by atoms with Crippen molar-refractivity contribution in [3.63, 3.8) is 0 Å². The maximum atomic E-state index is 12.9. The second-order valence-corrected chi connectivity index (χ2v) is 6.07. The molecule has 0 spiro atoms. The summed E-state index contributed by atoms with van der Waals surface area (Å²) in [7, 11) is 0. The minimum atomic E-state index is -4.54. The van der Waals surface area contributed by atoms with Crippen molar-refractivity contribution in [3.05, 3.63) is 57.5 Å². The van der Waals surface area contributed by atoms with Gasteiger partial charge in [-0.05, 0) is 38.0 Å². The predicted octanol–water partition coefficient (Wildman–Crippen LogP) is 2.54. The number of aromatic nitrogens is 2. The molecular formula is C18H18F3N3O4. The molecule has 0 saturated carbocycles. The Labute approximate surface area is 157 Å². The third-order valence-corrected chi connectivity index (χ3v) is 3.84. The number of benzene rings is 1. The van der Waals surface area contributed by atoms with Gasteiger partial charge < -0.3 is 10.4 Å². The zero-order chi connectivity index (χ0) is 20.9. The van der Waals surface area contributed by atoms with E-state index >= 15 is 0 Å². The Morgan fingerprint density at radius 1 is 1.21 bits per heavy atom. The molecule has 2 rings (SSSR count). The van der Waals surface area contributed by atoms with Crippen molar-refractivity contribution in [2.24, 2.45) is 0 Å². The van der Waals surface area contributed by atoms with Crippen LogP contribution in [0.1, 0.15) is 41.0 Å². The van der Waals surface area contributed by atoms with Crippen LogP contribution in [0.15, 0.2) is 35.1 Å². The molecule has 0 radical (unpaired) electrons. The molecule has 28 heavy (non-hydrogen) atoms.